The Morgan fingerprint density at radius 1 is 0.762 bits per heavy atom. The molecule has 4 aliphatic rings. The van der Waals surface area contributed by atoms with E-state index < -0.39 is 29.7 Å². The number of hydrogen-bond donors (Lipinski definition) is 3. The molecule has 63 heavy (non-hydrogen) atoms. The first kappa shape index (κ1) is 44.9. The van der Waals surface area contributed by atoms with E-state index in [0.29, 0.717) is 37.0 Å². The molecule has 5 heterocycles. The monoisotopic (exact) mass is 857 g/mol. The van der Waals surface area contributed by atoms with Crippen LogP contribution in [0.5, 0.6) is 0 Å². The SMILES string of the molecule is O=C(/C=C/c1cccnc1)NCCCCC1CCN(C(=O)c2ccc(C3CCN(C(=O)CCCCCCNc4cccc5c4C(=O)N(C4CCC(=O)NC4=O)C5=O)CC3)cc2)CC1. The van der Waals surface area contributed by atoms with E-state index in [-0.39, 0.29) is 41.7 Å². The Balaban J connectivity index is 0.734. The molecule has 4 aliphatic heterocycles. The number of nitrogens with zero attached hydrogens (tertiary/aromatic N) is 4. The minimum absolute atomic E-state index is 0.0727. The van der Waals surface area contributed by atoms with Crippen molar-refractivity contribution in [3.8, 4) is 0 Å². The molecule has 0 radical (unpaired) electrons. The van der Waals surface area contributed by atoms with Gasteiger partial charge in [-0.15, -0.1) is 0 Å². The summed E-state index contributed by atoms with van der Waals surface area (Å²) in [7, 11) is 0. The van der Waals surface area contributed by atoms with Crippen LogP contribution in [0.4, 0.5) is 5.69 Å². The van der Waals surface area contributed by atoms with Crippen LogP contribution in [0, 0.1) is 5.92 Å². The Hall–Kier alpha value is -6.18. The Kier molecular flexibility index (Phi) is 15.5. The van der Waals surface area contributed by atoms with Crippen LogP contribution >= 0.6 is 0 Å². The summed E-state index contributed by atoms with van der Waals surface area (Å²) in [6, 6.07) is 15.9. The molecule has 14 heteroatoms. The van der Waals surface area contributed by atoms with Crippen molar-refractivity contribution >= 4 is 53.1 Å². The van der Waals surface area contributed by atoms with Gasteiger partial charge in [0.2, 0.25) is 23.6 Å². The van der Waals surface area contributed by atoms with Crippen molar-refractivity contribution in [3.05, 3.63) is 101 Å². The zero-order valence-electron chi connectivity index (χ0n) is 36.0. The van der Waals surface area contributed by atoms with Gasteiger partial charge in [0.15, 0.2) is 0 Å². The van der Waals surface area contributed by atoms with E-state index >= 15 is 0 Å². The minimum atomic E-state index is -1.00. The first-order chi connectivity index (χ1) is 30.7. The largest absolute Gasteiger partial charge is 0.384 e. The van der Waals surface area contributed by atoms with Gasteiger partial charge in [0.05, 0.1) is 11.1 Å². The van der Waals surface area contributed by atoms with Gasteiger partial charge in [0, 0.05) is 81.8 Å². The molecule has 3 fully saturated rings. The van der Waals surface area contributed by atoms with Gasteiger partial charge in [0.25, 0.3) is 17.7 Å². The number of hydrogen-bond acceptors (Lipinski definition) is 9. The first-order valence-electron chi connectivity index (χ1n) is 22.8. The lowest BCUT2D eigenvalue weighted by Gasteiger charge is -2.33. The molecule has 3 aromatic rings. The van der Waals surface area contributed by atoms with E-state index in [4.69, 9.17) is 0 Å². The van der Waals surface area contributed by atoms with Crippen molar-refractivity contribution in [2.24, 2.45) is 5.92 Å². The zero-order valence-corrected chi connectivity index (χ0v) is 36.0. The van der Waals surface area contributed by atoms with Crippen molar-refractivity contribution in [1.29, 1.82) is 0 Å². The summed E-state index contributed by atoms with van der Waals surface area (Å²) in [6.45, 7) is 4.23. The van der Waals surface area contributed by atoms with Crippen LogP contribution in [-0.4, -0.2) is 106 Å². The highest BCUT2D eigenvalue weighted by Crippen LogP contribution is 2.33. The third kappa shape index (κ3) is 11.6. The summed E-state index contributed by atoms with van der Waals surface area (Å²) in [5.41, 5.74) is 3.89. The van der Waals surface area contributed by atoms with E-state index in [1.165, 1.54) is 5.56 Å². The van der Waals surface area contributed by atoms with E-state index in [9.17, 15) is 33.6 Å². The van der Waals surface area contributed by atoms with Crippen LogP contribution in [0.15, 0.2) is 73.1 Å². The number of imide groups is 2. The maximum absolute atomic E-state index is 13.4. The van der Waals surface area contributed by atoms with E-state index in [2.05, 4.69) is 33.1 Å². The van der Waals surface area contributed by atoms with Gasteiger partial charge < -0.3 is 20.4 Å². The quantitative estimate of drug-likeness (QED) is 0.0775. The Bertz CT molecular complexity index is 2160. The van der Waals surface area contributed by atoms with Crippen LogP contribution < -0.4 is 16.0 Å². The molecule has 3 N–H and O–H groups in total. The maximum Gasteiger partial charge on any atom is 0.264 e. The number of amides is 7. The van der Waals surface area contributed by atoms with Crippen molar-refractivity contribution in [2.45, 2.75) is 102 Å². The number of likely N-dealkylation sites (tertiary alicyclic amines) is 2. The zero-order chi connectivity index (χ0) is 44.1. The third-order valence-electron chi connectivity index (χ3n) is 12.9. The average molecular weight is 858 g/mol. The highest BCUT2D eigenvalue weighted by atomic mass is 16.2. The second-order valence-electron chi connectivity index (χ2n) is 17.2. The minimum Gasteiger partial charge on any atom is -0.384 e. The fourth-order valence-electron chi connectivity index (χ4n) is 9.24. The number of nitrogens with one attached hydrogen (secondary N) is 3. The molecule has 3 saturated heterocycles. The number of unbranched alkanes of at least 4 members (excludes halogenated alkanes) is 4. The summed E-state index contributed by atoms with van der Waals surface area (Å²) in [5.74, 6) is -0.951. The summed E-state index contributed by atoms with van der Waals surface area (Å²) >= 11 is 0. The number of fused-ring (bicyclic) bond motifs is 1. The molecule has 0 saturated carbocycles. The number of pyridine rings is 1. The molecule has 0 bridgehead atoms. The highest BCUT2D eigenvalue weighted by molar-refractivity contribution is 6.25. The van der Waals surface area contributed by atoms with Gasteiger partial charge in [-0.25, -0.2) is 0 Å². The summed E-state index contributed by atoms with van der Waals surface area (Å²) in [6.07, 6.45) is 17.7. The lowest BCUT2D eigenvalue weighted by atomic mass is 9.88. The number of carbonyl (C=O) groups is 7. The van der Waals surface area contributed by atoms with Gasteiger partial charge >= 0.3 is 0 Å². The summed E-state index contributed by atoms with van der Waals surface area (Å²) < 4.78 is 0. The maximum atomic E-state index is 13.4. The number of anilines is 1. The van der Waals surface area contributed by atoms with E-state index in [1.807, 2.05) is 34.1 Å². The van der Waals surface area contributed by atoms with Crippen molar-refractivity contribution < 1.29 is 33.6 Å². The molecule has 1 atom stereocenters. The van der Waals surface area contributed by atoms with Gasteiger partial charge in [-0.05, 0) is 111 Å². The molecular weight excluding hydrogens is 799 g/mol. The summed E-state index contributed by atoms with van der Waals surface area (Å²) in [4.78, 5) is 97.9. The highest BCUT2D eigenvalue weighted by Gasteiger charge is 2.45. The molecule has 7 amide bonds. The topological polar surface area (TPSA) is 178 Å². The molecule has 0 spiro atoms. The van der Waals surface area contributed by atoms with Gasteiger partial charge in [-0.2, -0.15) is 0 Å². The van der Waals surface area contributed by atoms with Crippen LogP contribution in [0.25, 0.3) is 6.08 Å². The third-order valence-corrected chi connectivity index (χ3v) is 12.9. The van der Waals surface area contributed by atoms with Gasteiger partial charge in [0.1, 0.15) is 6.04 Å². The Morgan fingerprint density at radius 3 is 2.25 bits per heavy atom. The molecule has 1 unspecified atom stereocenters. The van der Waals surface area contributed by atoms with Gasteiger partial charge in [-0.3, -0.25) is 48.8 Å². The average Bonchev–Trinajstić information content (AvgIpc) is 3.56. The predicted octanol–water partition coefficient (Wildman–Crippen LogP) is 6.10. The van der Waals surface area contributed by atoms with Crippen LogP contribution in [0.2, 0.25) is 0 Å². The fourth-order valence-corrected chi connectivity index (χ4v) is 9.24. The van der Waals surface area contributed by atoms with Crippen molar-refractivity contribution in [1.82, 2.24) is 30.3 Å². The number of aromatic nitrogens is 1. The van der Waals surface area contributed by atoms with E-state index in [0.717, 1.165) is 113 Å². The smallest absolute Gasteiger partial charge is 0.264 e. The van der Waals surface area contributed by atoms with Crippen LogP contribution in [0.1, 0.15) is 138 Å². The molecule has 1 aromatic heterocycles. The molecule has 7 rings (SSSR count). The normalized spacial score (nSPS) is 18.5. The Labute approximate surface area is 369 Å². The van der Waals surface area contributed by atoms with Gasteiger partial charge in [-0.1, -0.05) is 49.9 Å². The predicted molar refractivity (Wildman–Crippen MR) is 238 cm³/mol. The number of rotatable bonds is 18. The Morgan fingerprint density at radius 2 is 1.51 bits per heavy atom. The fraction of sp³-hybridized carbons (Fsp3) is 0.469. The summed E-state index contributed by atoms with van der Waals surface area (Å²) in [5, 5.41) is 8.47. The molecular formula is C49H59N7O7. The number of piperidine rings is 3. The van der Waals surface area contributed by atoms with Crippen molar-refractivity contribution in [3.63, 3.8) is 0 Å². The molecule has 2 aromatic carbocycles. The number of carbonyl (C=O) groups excluding carboxylic acids is 7. The molecule has 0 aliphatic carbocycles. The molecule has 14 nitrogen and oxygen atoms in total. The second kappa shape index (κ2) is 21.8. The van der Waals surface area contributed by atoms with Crippen molar-refractivity contribution in [2.75, 3.05) is 44.6 Å². The lowest BCUT2D eigenvalue weighted by molar-refractivity contribution is -0.136. The van der Waals surface area contributed by atoms with Crippen LogP contribution in [0.3, 0.4) is 0 Å². The standard InChI is InChI=1S/C49H59N7O7/c57-42(20-14-35-10-8-26-50-33-35)52-28-6-4-9-34-22-29-55(30-23-34)47(61)38-17-15-36(16-18-38)37-24-31-54(32-25-37)44(59)13-3-1-2-5-27-51-40-12-7-11-39-45(40)49(63)56(48(39)62)41-19-21-43(58)53-46(41)60/h7-8,10-12,14-18,20,26,33-34,37,41,51H,1-6,9,13,19,21-25,27-32H2,(H,52,57)(H,53,58,60)/b20-14+. The second-order valence-corrected chi connectivity index (χ2v) is 17.2. The van der Waals surface area contributed by atoms with E-state index in [1.54, 1.807) is 42.7 Å². The lowest BCUT2D eigenvalue weighted by Crippen LogP contribution is -2.54. The first-order valence-corrected chi connectivity index (χ1v) is 22.8. The van der Waals surface area contributed by atoms with Crippen LogP contribution in [-0.2, 0) is 19.2 Å². The number of benzene rings is 2. The molecule has 332 valence electrons.